The minimum atomic E-state index is -3.57. The summed E-state index contributed by atoms with van der Waals surface area (Å²) < 4.78 is 47.3. The Labute approximate surface area is 463 Å². The largest absolute Gasteiger partial charge is 0 e. The number of hydrazine groups is 1. The minimum absolute atomic E-state index is 0. The molecule has 0 saturated carbocycles. The van der Waals surface area contributed by atoms with Gasteiger partial charge in [0.1, 0.15) is 5.81 Å². The van der Waals surface area contributed by atoms with Gasteiger partial charge in [-0.1, -0.05) is 111 Å². The van der Waals surface area contributed by atoms with Crippen molar-refractivity contribution < 1.29 is 55.0 Å². The number of carbonyl (C=O) groups is 1. The molecule has 61 heavy (non-hydrogen) atoms. The van der Waals surface area contributed by atoms with Gasteiger partial charge in [-0.25, -0.2) is 16.8 Å². The third-order valence-corrected chi connectivity index (χ3v) is 9.83. The molecule has 0 aromatic heterocycles. The van der Waals surface area contributed by atoms with Crippen molar-refractivity contribution in [2.75, 3.05) is 5.88 Å². The number of benzene rings is 4. The molecule has 3 N–H and O–H groups in total. The first-order valence-electron chi connectivity index (χ1n) is 15.8. The Bertz CT molecular complexity index is 2210. The molecule has 1 radical (unpaired) electrons. The summed E-state index contributed by atoms with van der Waals surface area (Å²) in [6, 6.07) is 19.0. The van der Waals surface area contributed by atoms with Crippen molar-refractivity contribution in [3.05, 3.63) is 142 Å². The van der Waals surface area contributed by atoms with Crippen molar-refractivity contribution in [1.29, 1.82) is 0 Å². The summed E-state index contributed by atoms with van der Waals surface area (Å²) in [5, 5.41) is 21.6. The molecule has 4 aromatic rings. The van der Waals surface area contributed by atoms with Crippen molar-refractivity contribution in [3.63, 3.8) is 0 Å². The fourth-order valence-electron chi connectivity index (χ4n) is 4.00. The van der Waals surface area contributed by atoms with E-state index < -0.39 is 35.6 Å². The Balaban J connectivity index is -0.000000374. The SMILES string of the molecule is C.Cc1cc(C=O)c([N+](=O)[O-])cc1C.Cc1ccc(S(=O)(=O)CN=Cc2cc(C)c(C)cc2[N+](=O)[O-])cc1.Cc1ccc(S(=O)(=O)NN)cc1.IC(I)I.[CH2-]I.[I][V]([I])[I].[V]. The van der Waals surface area contributed by atoms with Gasteiger partial charge in [-0.05, 0) is 100 Å². The molecule has 4 rings (SSSR count). The van der Waals surface area contributed by atoms with Crippen molar-refractivity contribution in [3.8, 4) is 0 Å². The van der Waals surface area contributed by atoms with E-state index in [4.69, 9.17) is 5.84 Å². The van der Waals surface area contributed by atoms with E-state index in [-0.39, 0.29) is 57.6 Å². The molecule has 0 spiro atoms. The number of sulfone groups is 1. The van der Waals surface area contributed by atoms with Crippen LogP contribution in [0.5, 0.6) is 0 Å². The van der Waals surface area contributed by atoms with Crippen molar-refractivity contribution in [1.82, 2.24) is 4.83 Å². The van der Waals surface area contributed by atoms with Crippen LogP contribution in [0, 0.1) is 66.7 Å². The second-order valence-corrected chi connectivity index (χ2v) is 61.3. The molecule has 14 nitrogen and oxygen atoms in total. The number of nitro benzene ring substituents is 2. The Morgan fingerprint density at radius 1 is 0.721 bits per heavy atom. The number of nitrogens with two attached hydrogens (primary N) is 1. The fourth-order valence-corrected chi connectivity index (χ4v) is 5.60. The number of aliphatic imine (C=N–C) groups is 1. The smallest absolute Gasteiger partial charge is 0 e. The molecule has 0 bridgehead atoms. The second kappa shape index (κ2) is 36.2. The fraction of sp³-hybridized carbons (Fsp3) is 0.250. The summed E-state index contributed by atoms with van der Waals surface area (Å²) >= 11 is 16.2. The molecule has 25 heteroatoms. The number of nitro groups is 2. The second-order valence-electron chi connectivity index (χ2n) is 11.4. The van der Waals surface area contributed by atoms with Crippen molar-refractivity contribution in [2.24, 2.45) is 10.8 Å². The number of aryl methyl sites for hydroxylation is 6. The van der Waals surface area contributed by atoms with Crippen LogP contribution in [0.2, 0.25) is 0 Å². The van der Waals surface area contributed by atoms with Crippen LogP contribution < -0.4 is 10.7 Å². The zero-order chi connectivity index (χ0) is 46.3. The van der Waals surface area contributed by atoms with E-state index in [1.807, 2.05) is 50.3 Å². The summed E-state index contributed by atoms with van der Waals surface area (Å²) in [4.78, 5) is 40.0. The van der Waals surface area contributed by atoms with Gasteiger partial charge in [0.25, 0.3) is 21.4 Å². The molecule has 0 aliphatic rings. The van der Waals surface area contributed by atoms with Crippen molar-refractivity contribution >= 4 is 194 Å². The van der Waals surface area contributed by atoms with E-state index in [2.05, 4.69) is 138 Å². The molecule has 339 valence electrons. The van der Waals surface area contributed by atoms with E-state index >= 15 is 0 Å². The van der Waals surface area contributed by atoms with Crippen LogP contribution in [0.15, 0.2) is 87.6 Å². The molecule has 4 aromatic carbocycles. The Morgan fingerprint density at radius 2 is 1.03 bits per heavy atom. The number of carbonyl (C=O) groups excluding carboxylic acids is 1. The van der Waals surface area contributed by atoms with E-state index in [1.54, 1.807) is 49.0 Å². The number of alkyl halides is 3. The number of nitrogens with one attached hydrogen (secondary N) is 1. The van der Waals surface area contributed by atoms with Gasteiger partial charge in [0.05, 0.1) is 30.8 Å². The van der Waals surface area contributed by atoms with Crippen LogP contribution >= 0.6 is 150 Å². The first kappa shape index (κ1) is 68.7. The van der Waals surface area contributed by atoms with Gasteiger partial charge < -0.3 is 22.6 Å². The van der Waals surface area contributed by atoms with E-state index in [0.717, 1.165) is 33.3 Å². The molecule has 0 aliphatic heterocycles. The molecular formula is C36H44I7N5O9S2V2-. The maximum atomic E-state index is 12.2. The van der Waals surface area contributed by atoms with Crippen molar-refractivity contribution in [2.45, 2.75) is 58.7 Å². The number of rotatable bonds is 9. The number of halogens is 7. The Kier molecular flexibility index (Phi) is 40.8. The molecule has 0 unspecified atom stereocenters. The molecule has 0 aliphatic carbocycles. The standard InChI is InChI=1S/C17H18N2O4S.C9H9NO3.C7H10N2O2S.CHI3.CH2I.CH4.3HI.2V/c1-12-4-6-16(7-5-12)24(22,23)11-18-10-15-8-13(2)14(3)9-17(15)19(20)21;1-6-3-8(5-11)9(10(12)13)4-7(6)2;1-6-2-4-7(5-3-6)12(10,11)9-8;2-1(3)4;1-2;;;;;;/h4-10H,11H2,1-3H3;3-5H,1-2H3;2-5,9H,8H2,1H3;1H;1H2;1H4;3*1H;;/q;;;;-1;;;;;;+3/p-3. The Hall–Kier alpha value is 1.12. The quantitative estimate of drug-likeness (QED) is 0.0236. The third-order valence-electron chi connectivity index (χ3n) is 7.15. The van der Waals surface area contributed by atoms with Crippen LogP contribution in [0.3, 0.4) is 0 Å². The number of nitrogens with zero attached hydrogens (tertiary/aromatic N) is 3. The van der Waals surface area contributed by atoms with Gasteiger partial charge in [-0.2, -0.15) is 4.83 Å². The van der Waals surface area contributed by atoms with Gasteiger partial charge in [0.15, 0.2) is 16.1 Å². The monoisotopic (exact) mass is 1740 g/mol. The predicted octanol–water partition coefficient (Wildman–Crippen LogP) is 12.6. The van der Waals surface area contributed by atoms with Crippen LogP contribution in [-0.4, -0.2) is 45.0 Å². The number of aldehydes is 1. The number of sulfonamides is 1. The minimum Gasteiger partial charge on any atom is 0 e. The van der Waals surface area contributed by atoms with E-state index in [0.29, 0.717) is 11.8 Å². The molecule has 0 saturated heterocycles. The molecular weight excluding hydrogens is 1700 g/mol. The maximum absolute atomic E-state index is 12.2. The zero-order valence-electron chi connectivity index (χ0n) is 32.5. The third kappa shape index (κ3) is 29.5. The average molecular weight is 1750 g/mol. The number of hydrogen-bond acceptors (Lipinski definition) is 11. The molecule has 0 heterocycles. The van der Waals surface area contributed by atoms with Crippen LogP contribution in [0.4, 0.5) is 11.4 Å². The first-order valence-corrected chi connectivity index (χ1v) is 37.7. The first-order chi connectivity index (χ1) is 27.3. The van der Waals surface area contributed by atoms with Gasteiger partial charge >= 0.3 is 64.9 Å². The summed E-state index contributed by atoms with van der Waals surface area (Å²) in [5.41, 5.74) is 5.55. The summed E-state index contributed by atoms with van der Waals surface area (Å²) in [5.74, 6) is 4.38. The summed E-state index contributed by atoms with van der Waals surface area (Å²) in [6.45, 7) is 11.0. The predicted molar refractivity (Wildman–Crippen MR) is 301 cm³/mol. The average Bonchev–Trinajstić information content (AvgIpc) is 3.15. The van der Waals surface area contributed by atoms with Crippen LogP contribution in [0.25, 0.3) is 0 Å². The van der Waals surface area contributed by atoms with Gasteiger partial charge in [-0.15, -0.1) is 0 Å². The summed E-state index contributed by atoms with van der Waals surface area (Å²) in [7, 11) is -7.05. The van der Waals surface area contributed by atoms with E-state index in [1.165, 1.54) is 48.7 Å². The molecule has 0 amide bonds. The molecule has 0 fully saturated rings. The normalized spacial score (nSPS) is 10.2. The zero-order valence-corrected chi connectivity index (χ0v) is 52.1. The topological polar surface area (TPSA) is 222 Å². The van der Waals surface area contributed by atoms with Gasteiger partial charge in [0.2, 0.25) is 0 Å². The summed E-state index contributed by atoms with van der Waals surface area (Å²) in [6.07, 6.45) is 1.75. The van der Waals surface area contributed by atoms with Gasteiger partial charge in [0, 0.05) is 36.9 Å². The van der Waals surface area contributed by atoms with Gasteiger partial charge in [-0.3, -0.25) is 40.8 Å². The molecule has 0 atom stereocenters. The van der Waals surface area contributed by atoms with Crippen LogP contribution in [-0.2, 0) is 43.3 Å². The Morgan fingerprint density at radius 3 is 1.36 bits per heavy atom. The van der Waals surface area contributed by atoms with Crippen LogP contribution in [0.1, 0.15) is 56.7 Å². The number of hydrogen-bond donors (Lipinski definition) is 2. The maximum Gasteiger partial charge on any atom is 0 e. The van der Waals surface area contributed by atoms with E-state index in [9.17, 15) is 41.9 Å².